The Labute approximate surface area is 123 Å². The topological polar surface area (TPSA) is 68.6 Å². The summed E-state index contributed by atoms with van der Waals surface area (Å²) in [5.41, 5.74) is 0.297. The predicted octanol–water partition coefficient (Wildman–Crippen LogP) is 1.54. The maximum absolute atomic E-state index is 12.3. The molecule has 1 heterocycles. The molecule has 0 aliphatic rings. The molecule has 0 aliphatic heterocycles. The molecule has 0 aliphatic carbocycles. The summed E-state index contributed by atoms with van der Waals surface area (Å²) in [4.78, 5) is 13.7. The van der Waals surface area contributed by atoms with Crippen molar-refractivity contribution in [1.29, 1.82) is 0 Å². The molecule has 6 nitrogen and oxygen atoms in total. The van der Waals surface area contributed by atoms with Crippen LogP contribution < -0.4 is 0 Å². The lowest BCUT2D eigenvalue weighted by Crippen LogP contribution is -2.31. The Bertz CT molecular complexity index is 568. The predicted molar refractivity (Wildman–Crippen MR) is 76.6 cm³/mol. The Morgan fingerprint density at radius 2 is 2.10 bits per heavy atom. The van der Waals surface area contributed by atoms with Crippen LogP contribution in [0.3, 0.4) is 0 Å². The van der Waals surface area contributed by atoms with Crippen LogP contribution in [0.25, 0.3) is 0 Å². The van der Waals surface area contributed by atoms with E-state index < -0.39 is 9.05 Å². The highest BCUT2D eigenvalue weighted by atomic mass is 35.7. The molecule has 114 valence electrons. The monoisotopic (exact) mass is 322 g/mol. The molecule has 0 unspecified atom stereocenters. The normalized spacial score (nSPS) is 11.6. The second-order valence-corrected chi connectivity index (χ2v) is 6.77. The third-order valence-electron chi connectivity index (χ3n) is 2.83. The number of aromatic nitrogens is 1. The van der Waals surface area contributed by atoms with Crippen LogP contribution in [-0.4, -0.2) is 50.6 Å². The van der Waals surface area contributed by atoms with Gasteiger partial charge in [0.25, 0.3) is 15.0 Å². The number of ether oxygens (including phenoxy) is 1. The Balaban J connectivity index is 2.94. The van der Waals surface area contributed by atoms with Gasteiger partial charge in [-0.1, -0.05) is 0 Å². The van der Waals surface area contributed by atoms with Gasteiger partial charge in [0.1, 0.15) is 10.6 Å². The number of halogens is 1. The molecule has 0 aromatic carbocycles. The van der Waals surface area contributed by atoms with Crippen molar-refractivity contribution >= 4 is 25.6 Å². The Kier molecular flexibility index (Phi) is 6.04. The number of carbonyl (C=O) groups excluding carboxylic acids is 1. The van der Waals surface area contributed by atoms with Crippen LogP contribution in [0.15, 0.2) is 17.2 Å². The van der Waals surface area contributed by atoms with Gasteiger partial charge in [-0.2, -0.15) is 0 Å². The highest BCUT2D eigenvalue weighted by molar-refractivity contribution is 8.13. The zero-order valence-corrected chi connectivity index (χ0v) is 13.4. The average Bonchev–Trinajstić information content (AvgIpc) is 2.81. The first-order valence-electron chi connectivity index (χ1n) is 6.29. The summed E-state index contributed by atoms with van der Waals surface area (Å²) in [6.45, 7) is 5.63. The molecular weight excluding hydrogens is 304 g/mol. The highest BCUT2D eigenvalue weighted by Crippen LogP contribution is 2.19. The van der Waals surface area contributed by atoms with Gasteiger partial charge in [-0.05, 0) is 19.9 Å². The minimum atomic E-state index is -3.84. The summed E-state index contributed by atoms with van der Waals surface area (Å²) in [5, 5.41) is 0. The maximum Gasteiger partial charge on any atom is 0.270 e. The number of rotatable bonds is 7. The number of amides is 1. The molecule has 1 rings (SSSR count). The van der Waals surface area contributed by atoms with E-state index >= 15 is 0 Å². The van der Waals surface area contributed by atoms with Crippen LogP contribution in [0.2, 0.25) is 0 Å². The smallest absolute Gasteiger partial charge is 0.270 e. The molecule has 20 heavy (non-hydrogen) atoms. The minimum absolute atomic E-state index is 0.0671. The SMILES string of the molecule is CCOCCN(C)C(=O)c1cc(S(=O)(=O)Cl)cn1CC. The number of likely N-dealkylation sites (N-methyl/N-ethyl adjacent to an activating group) is 1. The quantitative estimate of drug-likeness (QED) is 0.564. The summed E-state index contributed by atoms with van der Waals surface area (Å²) in [5.74, 6) is -0.266. The third-order valence-corrected chi connectivity index (χ3v) is 4.16. The molecule has 0 N–H and O–H groups in total. The van der Waals surface area contributed by atoms with Crippen LogP contribution in [0.1, 0.15) is 24.3 Å². The second kappa shape index (κ2) is 7.10. The second-order valence-electron chi connectivity index (χ2n) is 4.21. The van der Waals surface area contributed by atoms with Crippen molar-refractivity contribution in [2.24, 2.45) is 0 Å². The molecule has 1 aromatic rings. The first-order valence-corrected chi connectivity index (χ1v) is 8.60. The van der Waals surface area contributed by atoms with Gasteiger partial charge in [-0.15, -0.1) is 0 Å². The van der Waals surface area contributed by atoms with Crippen molar-refractivity contribution in [3.63, 3.8) is 0 Å². The standard InChI is InChI=1S/C12H19ClN2O4S/c1-4-15-9-10(20(13,17)18)8-11(15)12(16)14(3)6-7-19-5-2/h8-9H,4-7H2,1-3H3. The summed E-state index contributed by atoms with van der Waals surface area (Å²) in [7, 11) is 3.10. The molecular formula is C12H19ClN2O4S. The molecule has 0 saturated heterocycles. The first kappa shape index (κ1) is 17.0. The van der Waals surface area contributed by atoms with Gasteiger partial charge in [0.2, 0.25) is 0 Å². The van der Waals surface area contributed by atoms with Crippen molar-refractivity contribution < 1.29 is 17.9 Å². The van der Waals surface area contributed by atoms with E-state index in [1.165, 1.54) is 17.2 Å². The number of carbonyl (C=O) groups is 1. The fourth-order valence-electron chi connectivity index (χ4n) is 1.70. The van der Waals surface area contributed by atoms with Gasteiger partial charge >= 0.3 is 0 Å². The summed E-state index contributed by atoms with van der Waals surface area (Å²) in [6.07, 6.45) is 1.37. The molecule has 8 heteroatoms. The van der Waals surface area contributed by atoms with Crippen LogP contribution in [0.4, 0.5) is 0 Å². The van der Waals surface area contributed by atoms with Crippen molar-refractivity contribution in [2.45, 2.75) is 25.3 Å². The highest BCUT2D eigenvalue weighted by Gasteiger charge is 2.21. The van der Waals surface area contributed by atoms with E-state index in [0.717, 1.165) is 0 Å². The lowest BCUT2D eigenvalue weighted by atomic mass is 10.3. The number of aryl methyl sites for hydroxylation is 1. The summed E-state index contributed by atoms with van der Waals surface area (Å²) >= 11 is 0. The molecule has 0 spiro atoms. The zero-order valence-electron chi connectivity index (χ0n) is 11.8. The van der Waals surface area contributed by atoms with Gasteiger partial charge in [0, 0.05) is 43.6 Å². The van der Waals surface area contributed by atoms with E-state index in [0.29, 0.717) is 32.0 Å². The van der Waals surface area contributed by atoms with Crippen LogP contribution in [0.5, 0.6) is 0 Å². The van der Waals surface area contributed by atoms with Crippen LogP contribution in [0, 0.1) is 0 Å². The van der Waals surface area contributed by atoms with E-state index in [1.807, 2.05) is 13.8 Å². The number of hydrogen-bond acceptors (Lipinski definition) is 4. The van der Waals surface area contributed by atoms with Gasteiger partial charge in [-0.3, -0.25) is 4.79 Å². The van der Waals surface area contributed by atoms with Crippen molar-refractivity contribution in [3.8, 4) is 0 Å². The third kappa shape index (κ3) is 4.22. The van der Waals surface area contributed by atoms with Gasteiger partial charge in [0.05, 0.1) is 6.61 Å². The molecule has 0 saturated carbocycles. The van der Waals surface area contributed by atoms with E-state index in [9.17, 15) is 13.2 Å². The fraction of sp³-hybridized carbons (Fsp3) is 0.583. The Hall–Kier alpha value is -1.05. The number of nitrogens with zero attached hydrogens (tertiary/aromatic N) is 2. The average molecular weight is 323 g/mol. The van der Waals surface area contributed by atoms with Gasteiger partial charge in [0.15, 0.2) is 0 Å². The van der Waals surface area contributed by atoms with Crippen molar-refractivity contribution in [1.82, 2.24) is 9.47 Å². The number of hydrogen-bond donors (Lipinski definition) is 0. The largest absolute Gasteiger partial charge is 0.380 e. The lowest BCUT2D eigenvalue weighted by molar-refractivity contribution is 0.0700. The minimum Gasteiger partial charge on any atom is -0.380 e. The Morgan fingerprint density at radius 3 is 2.60 bits per heavy atom. The molecule has 1 aromatic heterocycles. The van der Waals surface area contributed by atoms with Gasteiger partial charge < -0.3 is 14.2 Å². The van der Waals surface area contributed by atoms with Crippen molar-refractivity contribution in [3.05, 3.63) is 18.0 Å². The molecule has 0 fully saturated rings. The van der Waals surface area contributed by atoms with Crippen LogP contribution in [-0.2, 0) is 20.3 Å². The summed E-state index contributed by atoms with van der Waals surface area (Å²) in [6, 6.07) is 1.30. The van der Waals surface area contributed by atoms with E-state index in [1.54, 1.807) is 11.6 Å². The van der Waals surface area contributed by atoms with E-state index in [-0.39, 0.29) is 10.8 Å². The van der Waals surface area contributed by atoms with E-state index in [4.69, 9.17) is 15.4 Å². The van der Waals surface area contributed by atoms with E-state index in [2.05, 4.69) is 0 Å². The molecule has 1 amide bonds. The maximum atomic E-state index is 12.3. The summed E-state index contributed by atoms with van der Waals surface area (Å²) < 4.78 is 29.4. The Morgan fingerprint density at radius 1 is 1.45 bits per heavy atom. The zero-order chi connectivity index (χ0) is 15.3. The lowest BCUT2D eigenvalue weighted by Gasteiger charge is -2.17. The van der Waals surface area contributed by atoms with Crippen molar-refractivity contribution in [2.75, 3.05) is 26.8 Å². The fourth-order valence-corrected chi connectivity index (χ4v) is 2.46. The first-order chi connectivity index (χ1) is 9.31. The van der Waals surface area contributed by atoms with Gasteiger partial charge in [-0.25, -0.2) is 8.42 Å². The molecule has 0 atom stereocenters. The van der Waals surface area contributed by atoms with Crippen LogP contribution >= 0.6 is 10.7 Å². The molecule has 0 radical (unpaired) electrons. The molecule has 0 bridgehead atoms.